The Labute approximate surface area is 824 Å². The quantitative estimate of drug-likeness (QED) is 0.0537. The van der Waals surface area contributed by atoms with Crippen LogP contribution in [0.25, 0.3) is 33.1 Å². The molecule has 3 radical (unpaired) electrons. The standard InChI is InChI=1S/C33H43F2N4O6.C31H41N4O6.C30H39N4O6.2CH2F2.3V.3H2/c1-5-21-25(18-40)39-17-27(21)44-29-23(36-22-15-14-20(43-31(34)35)16-24(22)37-29)12-8-6-7-10-19-11-9-13-26(19)45-32(42)38-28(30(39)41)33(2,3)4;1-6-20-24(17-36)35-16-25(20)40-27-22(32-21-13-12-19(37)14-23(21)33-27)11-9-7-8-10-18-15-31(18,5)41-29(39)34-26(28(35)38)30(2,3)4;1-5-19-23(16-35)34-15-25(19)39-27-21(31-20-12-11-18(36)14-22(20)32-27)10-8-6-7-9-17-13-24(17)40-29(38)33-26(28(34)37)30(2,3)4;2*2-1-3;;;;;;/h14-16,19,21,25-28,31H,5-13,17H2,1-4H3,(H,38,42);12-14,18,20,24-26,37H,6-11,15-16H2,1-5H3,(H,34,39);11-12,14,17,19,23-26,36H,5-10,13,15H2,1-4H3,(H,33,38);2*1H2;;;;3*1H/q3*-1;;;;;;;;/t19-,21+,25-,26-,27+,28-;18-,20+,24-,25+,26-,31-;17-,19+,23-,24-,25+,26-;;;;;;;;/m111......../s1. The van der Waals surface area contributed by atoms with Crippen molar-refractivity contribution in [2.45, 2.75) is 317 Å². The van der Waals surface area contributed by atoms with Crippen LogP contribution in [0.1, 0.15) is 240 Å². The Morgan fingerprint density at radius 1 is 0.452 bits per heavy atom. The summed E-state index contributed by atoms with van der Waals surface area (Å²) in [6.45, 7) is 18.4. The van der Waals surface area contributed by atoms with Crippen LogP contribution in [0, 0.1) is 51.8 Å². The van der Waals surface area contributed by atoms with E-state index in [4.69, 9.17) is 58.3 Å². The Hall–Kier alpha value is -8.96. The third kappa shape index (κ3) is 28.4. The number of phenolic OH excluding ortho intramolecular Hbond substituents is 2. The number of hydrogen-bond donors (Lipinski definition) is 5. The maximum absolute atomic E-state index is 14.1. The van der Waals surface area contributed by atoms with Crippen LogP contribution in [-0.4, -0.2) is 222 Å². The summed E-state index contributed by atoms with van der Waals surface area (Å²) in [7, 11) is 0. The number of alkyl halides is 6. The zero-order valence-corrected chi connectivity index (χ0v) is 83.1. The molecule has 3 aromatic heterocycles. The molecule has 6 aliphatic heterocycles. The molecule has 6 bridgehead atoms. The number of carbonyl (C=O) groups excluding carboxylic acids is 9. The second-order valence-corrected chi connectivity index (χ2v) is 39.2. The Morgan fingerprint density at radius 2 is 0.800 bits per heavy atom. The molecule has 5 N–H and O–H groups in total. The van der Waals surface area contributed by atoms with E-state index in [9.17, 15) is 79.7 Å². The van der Waals surface area contributed by atoms with Crippen LogP contribution >= 0.6 is 0 Å². The minimum Gasteiger partial charge on any atom is -0.540 e. The molecule has 9 aliphatic rings. The molecule has 0 spiro atoms. The normalized spacial score (nSPS) is 28.0. The molecule has 135 heavy (non-hydrogen) atoms. The number of alkyl carbamates (subject to hydrolysis) is 3. The summed E-state index contributed by atoms with van der Waals surface area (Å²) in [6, 6.07) is 8.81. The average Bonchev–Trinajstić information content (AvgIpc) is 1.62. The van der Waals surface area contributed by atoms with Gasteiger partial charge in [-0.3, -0.25) is 14.4 Å². The van der Waals surface area contributed by atoms with Crippen molar-refractivity contribution in [3.63, 3.8) is 0 Å². The van der Waals surface area contributed by atoms with Crippen LogP contribution in [0.3, 0.4) is 0 Å². The van der Waals surface area contributed by atoms with Crippen molar-refractivity contribution >= 4 is 88.0 Å². The number of amides is 6. The van der Waals surface area contributed by atoms with Gasteiger partial charge < -0.3 is 88.4 Å². The minimum atomic E-state index is -2.98. The molecule has 3 saturated heterocycles. The summed E-state index contributed by atoms with van der Waals surface area (Å²) in [5.41, 5.74) is 2.75. The SMILES string of the molecule is CC[C@@H]1[C@@H]2CN(C(=O)[C@H](C(C)(C)C)NC(=O)O[C@@H]3CCC[C@H]3CCCCCc3nc4ccc(OC(F)F)cc4nc3O2)[C@@H]1[C-]=O.CC[C@@H]1[C@@H]2CN(C(=O)[C@H](C(C)(C)C)NC(=O)O[C@@H]3C[C@H]3CCCCCc3nc4ccc(O)cc4nc3O2)[C@@H]1[C-]=O.CC[C@@H]1[C@@H]2CN(C(=O)[C@H](C(C)(C)C)NC(=O)O[C@]3(C)C[C@H]3CCCCCc3nc4ccc(O)cc4nc3O2)[C@@H]1[C-]=O.FCF.FCF.[HH].[HH].[HH].[V].[V].[V]. The zero-order chi connectivity index (χ0) is 95.8. The van der Waals surface area contributed by atoms with Gasteiger partial charge in [-0.2, -0.15) is 8.78 Å². The molecule has 9 heterocycles. The van der Waals surface area contributed by atoms with Crippen molar-refractivity contribution in [2.24, 2.45) is 51.8 Å². The molecule has 6 fully saturated rings. The first-order chi connectivity index (χ1) is 62.8. The molecule has 0 unspecified atom stereocenters. The molecule has 30 nitrogen and oxygen atoms in total. The van der Waals surface area contributed by atoms with E-state index < -0.39 is 127 Å². The number of fused-ring (bicyclic) bond motifs is 15. The van der Waals surface area contributed by atoms with Crippen molar-refractivity contribution in [3.05, 3.63) is 71.7 Å². The number of aromatic nitrogens is 6. The van der Waals surface area contributed by atoms with Gasteiger partial charge in [-0.25, -0.2) is 80.7 Å². The van der Waals surface area contributed by atoms with Crippen molar-refractivity contribution in [1.82, 2.24) is 60.6 Å². The van der Waals surface area contributed by atoms with Gasteiger partial charge in [-0.05, 0) is 179 Å². The maximum Gasteiger partial charge on any atom is 0.408 e. The van der Waals surface area contributed by atoms with Crippen LogP contribution < -0.4 is 34.9 Å². The van der Waals surface area contributed by atoms with E-state index in [1.807, 2.05) is 90.0 Å². The Bertz CT molecular complexity index is 5050. The Balaban J connectivity index is 0.000000348. The molecule has 15 rings (SSSR count). The van der Waals surface area contributed by atoms with Crippen LogP contribution in [0.4, 0.5) is 40.7 Å². The minimum absolute atomic E-state index is 0. The van der Waals surface area contributed by atoms with Crippen molar-refractivity contribution < 1.29 is 173 Å². The molecular formula is C96H133F6N12O18V3-3. The number of aryl methyl sites for hydroxylation is 3. The topological polar surface area (TPSA) is 382 Å². The van der Waals surface area contributed by atoms with Gasteiger partial charge in [0.05, 0.1) is 52.7 Å². The van der Waals surface area contributed by atoms with Gasteiger partial charge in [-0.1, -0.05) is 159 Å². The molecule has 745 valence electrons. The number of aromatic hydroxyl groups is 2. The number of benzene rings is 3. The van der Waals surface area contributed by atoms with E-state index in [0.717, 1.165) is 121 Å². The van der Waals surface area contributed by atoms with E-state index >= 15 is 0 Å². The first kappa shape index (κ1) is 111. The van der Waals surface area contributed by atoms with Crippen LogP contribution in [0.2, 0.25) is 0 Å². The average molecular weight is 2010 g/mol. The predicted molar refractivity (Wildman–Crippen MR) is 482 cm³/mol. The van der Waals surface area contributed by atoms with E-state index in [2.05, 4.69) is 39.5 Å². The van der Waals surface area contributed by atoms with E-state index in [-0.39, 0.29) is 150 Å². The Kier molecular flexibility index (Phi) is 40.9. The Morgan fingerprint density at radius 3 is 1.17 bits per heavy atom. The molecule has 3 aliphatic carbocycles. The van der Waals surface area contributed by atoms with Gasteiger partial charge in [0.2, 0.25) is 49.2 Å². The largest absolute Gasteiger partial charge is 0.540 e. The number of hydrogen-bond acceptors (Lipinski definition) is 24. The van der Waals surface area contributed by atoms with E-state index in [0.29, 0.717) is 95.0 Å². The van der Waals surface area contributed by atoms with Crippen LogP contribution in [0.5, 0.6) is 34.9 Å². The summed E-state index contributed by atoms with van der Waals surface area (Å²) in [4.78, 5) is 151. The molecule has 18 atom stereocenters. The van der Waals surface area contributed by atoms with Gasteiger partial charge in [0, 0.05) is 84.1 Å². The molecular weight excluding hydrogens is 1880 g/mol. The second-order valence-electron chi connectivity index (χ2n) is 39.2. The third-order valence-electron chi connectivity index (χ3n) is 26.7. The molecule has 3 aromatic carbocycles. The molecule has 39 heteroatoms. The fourth-order valence-electron chi connectivity index (χ4n) is 19.3. The van der Waals surface area contributed by atoms with Gasteiger partial charge in [0.1, 0.15) is 88.6 Å². The predicted octanol–water partition coefficient (Wildman–Crippen LogP) is 16.8. The summed E-state index contributed by atoms with van der Waals surface area (Å²) in [5.74, 6) is -0.274. The number of nitrogens with one attached hydrogen (secondary N) is 3. The van der Waals surface area contributed by atoms with Crippen LogP contribution in [-0.2, 0) is 118 Å². The summed E-state index contributed by atoms with van der Waals surface area (Å²) in [5, 5.41) is 28.5. The van der Waals surface area contributed by atoms with Gasteiger partial charge >= 0.3 is 24.9 Å². The van der Waals surface area contributed by atoms with E-state index in [1.165, 1.54) is 26.8 Å². The van der Waals surface area contributed by atoms with Gasteiger partial charge in [0.15, 0.2) is 0 Å². The van der Waals surface area contributed by atoms with Gasteiger partial charge in [0.25, 0.3) is 0 Å². The van der Waals surface area contributed by atoms with Crippen LogP contribution in [0.15, 0.2) is 54.6 Å². The number of halogens is 6. The number of carbonyl (C=O) groups is 6. The number of phenols is 2. The third-order valence-corrected chi connectivity index (χ3v) is 26.7. The van der Waals surface area contributed by atoms with E-state index in [1.54, 1.807) is 42.5 Å². The summed E-state index contributed by atoms with van der Waals surface area (Å²) in [6.07, 6.45) is 21.5. The number of rotatable bonds is 8. The summed E-state index contributed by atoms with van der Waals surface area (Å²) < 4.78 is 106. The van der Waals surface area contributed by atoms with Crippen molar-refractivity contribution in [1.29, 1.82) is 0 Å². The van der Waals surface area contributed by atoms with Crippen molar-refractivity contribution in [3.8, 4) is 34.9 Å². The first-order valence-corrected chi connectivity index (χ1v) is 46.3. The smallest absolute Gasteiger partial charge is 0.408 e. The fraction of sp³-hybridized carbons (Fsp3) is 0.656. The van der Waals surface area contributed by atoms with Gasteiger partial charge in [-0.15, -0.1) is 0 Å². The molecule has 6 amide bonds. The molecule has 6 aromatic rings. The first-order valence-electron chi connectivity index (χ1n) is 46.3. The van der Waals surface area contributed by atoms with Crippen molar-refractivity contribution in [2.75, 3.05) is 33.5 Å². The summed E-state index contributed by atoms with van der Waals surface area (Å²) >= 11 is 0. The second kappa shape index (κ2) is 49.6. The fourth-order valence-corrected chi connectivity index (χ4v) is 19.3. The maximum atomic E-state index is 14.1. The molecule has 3 saturated carbocycles. The number of nitrogens with zero attached hydrogens (tertiary/aromatic N) is 9. The zero-order valence-electron chi connectivity index (χ0n) is 78.9. The number of ether oxygens (including phenoxy) is 7. The monoisotopic (exact) mass is 2010 g/mol.